The first kappa shape index (κ1) is 44.8. The van der Waals surface area contributed by atoms with E-state index >= 15 is 9.59 Å². The van der Waals surface area contributed by atoms with Gasteiger partial charge in [0.2, 0.25) is 0 Å². The molecule has 58 heavy (non-hydrogen) atoms. The smallest absolute Gasteiger partial charge is 0.343 e. The maximum Gasteiger partial charge on any atom is 0.343 e. The Morgan fingerprint density at radius 3 is 1.02 bits per heavy atom. The van der Waals surface area contributed by atoms with Crippen molar-refractivity contribution in [2.45, 2.75) is 185 Å². The molecule has 0 amide bonds. The fourth-order valence-electron chi connectivity index (χ4n) is 11.7. The molecule has 0 radical (unpaired) electrons. The number of carbonyl (C=O) groups excluding carboxylic acids is 2. The molecule has 6 unspecified atom stereocenters. The van der Waals surface area contributed by atoms with E-state index in [0.29, 0.717) is 70.7 Å². The fourth-order valence-corrected chi connectivity index (χ4v) is 11.7. The molecule has 4 fully saturated rings. The highest BCUT2D eigenvalue weighted by atomic mass is 16.6. The van der Waals surface area contributed by atoms with E-state index < -0.39 is 11.9 Å². The molecule has 4 aliphatic carbocycles. The summed E-state index contributed by atoms with van der Waals surface area (Å²) in [5, 5.41) is 1.60. The SMILES string of the molecule is CC1CCC(C(C)C)C(Oc2c(C(=O)O[C@@H]3C[C@H](C)CC[C@H]3C(C)C)c(C(=O)O[C@@H]3C[C@H](C)CC[C@H]3C(C)C)c(OC3CC(C)CCC3C(C)C)c3ccccc23)C1. The number of carbonyl (C=O) groups is 2. The highest BCUT2D eigenvalue weighted by Crippen LogP contribution is 2.48. The highest BCUT2D eigenvalue weighted by molar-refractivity contribution is 6.14. The Bertz CT molecular complexity index is 1570. The van der Waals surface area contributed by atoms with Crippen molar-refractivity contribution in [3.63, 3.8) is 0 Å². The van der Waals surface area contributed by atoms with E-state index in [1.54, 1.807) is 0 Å². The molecule has 4 aliphatic rings. The molecule has 0 spiro atoms. The third-order valence-electron chi connectivity index (χ3n) is 15.4. The van der Waals surface area contributed by atoms with Crippen LogP contribution in [0.3, 0.4) is 0 Å². The molecule has 6 nitrogen and oxygen atoms in total. The maximum atomic E-state index is 15.5. The minimum atomic E-state index is -0.484. The lowest BCUT2D eigenvalue weighted by Gasteiger charge is -2.40. The molecule has 2 aromatic carbocycles. The topological polar surface area (TPSA) is 71.1 Å². The summed E-state index contributed by atoms with van der Waals surface area (Å²) >= 11 is 0. The van der Waals surface area contributed by atoms with Gasteiger partial charge in [-0.3, -0.25) is 0 Å². The number of hydrogen-bond donors (Lipinski definition) is 0. The third-order valence-corrected chi connectivity index (χ3v) is 15.4. The van der Waals surface area contributed by atoms with Crippen molar-refractivity contribution in [2.75, 3.05) is 0 Å². The summed E-state index contributed by atoms with van der Waals surface area (Å²) in [7, 11) is 0. The van der Waals surface area contributed by atoms with Crippen molar-refractivity contribution in [2.24, 2.45) is 71.0 Å². The molecule has 2 aromatic rings. The molecular weight excluding hydrogens is 721 g/mol. The first-order valence-electron chi connectivity index (χ1n) is 23.9. The molecule has 0 N–H and O–H groups in total. The van der Waals surface area contributed by atoms with Gasteiger partial charge in [-0.1, -0.05) is 133 Å². The van der Waals surface area contributed by atoms with Crippen molar-refractivity contribution in [1.29, 1.82) is 0 Å². The van der Waals surface area contributed by atoms with Crippen molar-refractivity contribution >= 4 is 22.7 Å². The second-order valence-corrected chi connectivity index (χ2v) is 21.5. The Kier molecular flexibility index (Phi) is 14.9. The first-order valence-corrected chi connectivity index (χ1v) is 23.9. The summed E-state index contributed by atoms with van der Waals surface area (Å²) in [6, 6.07) is 8.15. The van der Waals surface area contributed by atoms with E-state index in [2.05, 4.69) is 95.2 Å². The van der Waals surface area contributed by atoms with Gasteiger partial charge in [0.05, 0.1) is 0 Å². The summed E-state index contributed by atoms with van der Waals surface area (Å²) in [5.41, 5.74) is 0.408. The molecule has 0 bridgehead atoms. The van der Waals surface area contributed by atoms with Gasteiger partial charge < -0.3 is 18.9 Å². The predicted octanol–water partition coefficient (Wildman–Crippen LogP) is 13.8. The van der Waals surface area contributed by atoms with Gasteiger partial charge in [0.1, 0.15) is 47.0 Å². The van der Waals surface area contributed by atoms with Gasteiger partial charge in [0.15, 0.2) is 0 Å². The lowest BCUT2D eigenvalue weighted by atomic mass is 9.75. The summed E-state index contributed by atoms with van der Waals surface area (Å²) in [6.45, 7) is 27.2. The number of benzene rings is 2. The molecule has 6 heteroatoms. The second-order valence-electron chi connectivity index (χ2n) is 21.5. The summed E-state index contributed by atoms with van der Waals surface area (Å²) < 4.78 is 28.3. The van der Waals surface area contributed by atoms with Crippen LogP contribution in [0.5, 0.6) is 11.5 Å². The average Bonchev–Trinajstić information content (AvgIpc) is 3.15. The quantitative estimate of drug-likeness (QED) is 0.199. The first-order chi connectivity index (χ1) is 27.5. The van der Waals surface area contributed by atoms with E-state index in [4.69, 9.17) is 18.9 Å². The van der Waals surface area contributed by atoms with E-state index in [1.165, 1.54) is 0 Å². The number of hydrogen-bond acceptors (Lipinski definition) is 6. The Morgan fingerprint density at radius 1 is 0.448 bits per heavy atom. The number of ether oxygens (including phenoxy) is 4. The Morgan fingerprint density at radius 2 is 0.724 bits per heavy atom. The van der Waals surface area contributed by atoms with Crippen molar-refractivity contribution < 1.29 is 28.5 Å². The van der Waals surface area contributed by atoms with Gasteiger partial charge in [-0.2, -0.15) is 0 Å². The Balaban J connectivity index is 1.60. The van der Waals surface area contributed by atoms with Crippen LogP contribution in [-0.4, -0.2) is 36.4 Å². The van der Waals surface area contributed by atoms with Gasteiger partial charge in [-0.25, -0.2) is 9.59 Å². The summed E-state index contributed by atoms with van der Waals surface area (Å²) in [5.74, 6) is 4.49. The lowest BCUT2D eigenvalue weighted by Crippen LogP contribution is -2.39. The minimum absolute atomic E-state index is 0.110. The van der Waals surface area contributed by atoms with Crippen molar-refractivity contribution in [1.82, 2.24) is 0 Å². The summed E-state index contributed by atoms with van der Waals surface area (Å²) in [6.07, 6.45) is 11.4. The molecule has 0 heterocycles. The van der Waals surface area contributed by atoms with E-state index in [9.17, 15) is 0 Å². The Labute approximate surface area is 352 Å². The zero-order chi connectivity index (χ0) is 42.0. The van der Waals surface area contributed by atoms with Crippen LogP contribution < -0.4 is 9.47 Å². The number of fused-ring (bicyclic) bond motifs is 1. The molecule has 0 aliphatic heterocycles. The van der Waals surface area contributed by atoms with Gasteiger partial charge in [-0.15, -0.1) is 0 Å². The monoisotopic (exact) mass is 801 g/mol. The van der Waals surface area contributed by atoms with Crippen molar-refractivity contribution in [3.05, 3.63) is 35.4 Å². The molecule has 0 aromatic heterocycles. The van der Waals surface area contributed by atoms with Crippen LogP contribution >= 0.6 is 0 Å². The lowest BCUT2D eigenvalue weighted by molar-refractivity contribution is -0.0224. The molecule has 12 atom stereocenters. The number of esters is 2. The number of rotatable bonds is 12. The molecule has 324 valence electrons. The predicted molar refractivity (Wildman–Crippen MR) is 237 cm³/mol. The van der Waals surface area contributed by atoms with Gasteiger partial charge in [0.25, 0.3) is 0 Å². The van der Waals surface area contributed by atoms with Gasteiger partial charge in [-0.05, 0) is 122 Å². The molecule has 0 saturated heterocycles. The molecule has 6 rings (SSSR count). The van der Waals surface area contributed by atoms with Gasteiger partial charge >= 0.3 is 11.9 Å². The van der Waals surface area contributed by atoms with Crippen LogP contribution in [0.15, 0.2) is 24.3 Å². The normalized spacial score (nSPS) is 33.4. The molecule has 4 saturated carbocycles. The largest absolute Gasteiger partial charge is 0.489 e. The zero-order valence-electron chi connectivity index (χ0n) is 38.5. The average molecular weight is 801 g/mol. The van der Waals surface area contributed by atoms with E-state index in [1.807, 2.05) is 12.1 Å². The highest BCUT2D eigenvalue weighted by Gasteiger charge is 2.43. The second kappa shape index (κ2) is 19.3. The van der Waals surface area contributed by atoms with Crippen LogP contribution in [0.2, 0.25) is 0 Å². The summed E-state index contributed by atoms with van der Waals surface area (Å²) in [4.78, 5) is 31.0. The Hall–Kier alpha value is -2.76. The maximum absolute atomic E-state index is 15.5. The van der Waals surface area contributed by atoms with Crippen molar-refractivity contribution in [3.8, 4) is 11.5 Å². The minimum Gasteiger partial charge on any atom is -0.489 e. The van der Waals surface area contributed by atoms with E-state index in [-0.39, 0.29) is 47.4 Å². The fraction of sp³-hybridized carbons (Fsp3) is 0.769. The zero-order valence-corrected chi connectivity index (χ0v) is 38.5. The third kappa shape index (κ3) is 10.0. The van der Waals surface area contributed by atoms with Crippen LogP contribution in [0.25, 0.3) is 10.8 Å². The van der Waals surface area contributed by atoms with Gasteiger partial charge in [0, 0.05) is 10.8 Å². The van der Waals surface area contributed by atoms with Crippen LogP contribution in [-0.2, 0) is 9.47 Å². The molecular formula is C52H80O6. The van der Waals surface area contributed by atoms with Crippen LogP contribution in [0, 0.1) is 71.0 Å². The standard InChI is InChI=1S/C52H80O6/c1-29(2)37-21-17-33(9)25-43(37)55-49-41-15-13-14-16-42(41)50(56-44-26-34(10)18-22-38(44)30(3)4)48(52(54)58-46-28-36(12)20-24-40(46)32(7)8)47(49)51(53)57-45-27-35(11)19-23-39(45)31(5)6/h13-16,29-40,43-46H,17-28H2,1-12H3/t33?,34?,35-,36-,37?,38?,39+,40+,43?,44?,45-,46-/m1/s1. The van der Waals surface area contributed by atoms with E-state index in [0.717, 1.165) is 87.8 Å². The van der Waals surface area contributed by atoms with Crippen LogP contribution in [0.1, 0.15) is 181 Å². The van der Waals surface area contributed by atoms with Crippen LogP contribution in [0.4, 0.5) is 0 Å².